The topological polar surface area (TPSA) is 117 Å². The molecule has 1 N–H and O–H groups in total. The summed E-state index contributed by atoms with van der Waals surface area (Å²) in [6.45, 7) is 1.96. The van der Waals surface area contributed by atoms with Gasteiger partial charge in [0.2, 0.25) is 5.91 Å². The van der Waals surface area contributed by atoms with Gasteiger partial charge in [-0.2, -0.15) is 10.2 Å². The Morgan fingerprint density at radius 2 is 1.94 bits per heavy atom. The molecule has 0 radical (unpaired) electrons. The molecular weight excluding hydrogens is 418 g/mol. The standard InChI is InChI=1S/C20H19N7O3S/c1-14(27-19(29)8-6-17(24-27)25-11-3-9-22-25)20(30)21-10-12-26-18(28)7-5-15(23-26)16-4-2-13-31-16/h2-9,11,13-14H,10,12H2,1H3,(H,21,30). The van der Waals surface area contributed by atoms with Gasteiger partial charge in [-0.3, -0.25) is 14.4 Å². The number of rotatable bonds is 7. The lowest BCUT2D eigenvalue weighted by atomic mass is 10.3. The van der Waals surface area contributed by atoms with E-state index in [1.807, 2.05) is 17.5 Å². The second-order valence-electron chi connectivity index (χ2n) is 6.65. The summed E-state index contributed by atoms with van der Waals surface area (Å²) < 4.78 is 3.91. The van der Waals surface area contributed by atoms with E-state index in [-0.39, 0.29) is 18.6 Å². The van der Waals surface area contributed by atoms with Gasteiger partial charge in [0.05, 0.1) is 11.4 Å². The average Bonchev–Trinajstić information content (AvgIpc) is 3.49. The fraction of sp³-hybridized carbons (Fsp3) is 0.200. The van der Waals surface area contributed by atoms with Crippen molar-refractivity contribution in [2.45, 2.75) is 19.5 Å². The fourth-order valence-corrected chi connectivity index (χ4v) is 3.62. The van der Waals surface area contributed by atoms with E-state index in [0.29, 0.717) is 11.5 Å². The van der Waals surface area contributed by atoms with Crippen LogP contribution in [0.4, 0.5) is 0 Å². The molecule has 1 amide bonds. The van der Waals surface area contributed by atoms with Crippen LogP contribution in [0, 0.1) is 0 Å². The highest BCUT2D eigenvalue weighted by Crippen LogP contribution is 2.20. The highest BCUT2D eigenvalue weighted by atomic mass is 32.1. The zero-order chi connectivity index (χ0) is 21.8. The number of carbonyl (C=O) groups is 1. The predicted molar refractivity (Wildman–Crippen MR) is 115 cm³/mol. The Morgan fingerprint density at radius 1 is 1.10 bits per heavy atom. The zero-order valence-corrected chi connectivity index (χ0v) is 17.4. The molecular formula is C20H19N7O3S. The van der Waals surface area contributed by atoms with Gasteiger partial charge in [0.15, 0.2) is 5.82 Å². The van der Waals surface area contributed by atoms with Crippen LogP contribution in [-0.2, 0) is 11.3 Å². The first-order valence-electron chi connectivity index (χ1n) is 9.52. The summed E-state index contributed by atoms with van der Waals surface area (Å²) in [5.74, 6) is 0.0278. The van der Waals surface area contributed by atoms with Crippen molar-refractivity contribution < 1.29 is 4.79 Å². The van der Waals surface area contributed by atoms with E-state index in [1.54, 1.807) is 31.5 Å². The number of hydrogen-bond acceptors (Lipinski definition) is 7. The number of nitrogens with one attached hydrogen (secondary N) is 1. The number of hydrogen-bond donors (Lipinski definition) is 1. The average molecular weight is 437 g/mol. The van der Waals surface area contributed by atoms with E-state index in [2.05, 4.69) is 20.6 Å². The number of aromatic nitrogens is 6. The van der Waals surface area contributed by atoms with Crippen molar-refractivity contribution >= 4 is 17.2 Å². The lowest BCUT2D eigenvalue weighted by Gasteiger charge is -2.15. The Morgan fingerprint density at radius 3 is 2.68 bits per heavy atom. The molecule has 10 nitrogen and oxygen atoms in total. The van der Waals surface area contributed by atoms with E-state index in [9.17, 15) is 14.4 Å². The summed E-state index contributed by atoms with van der Waals surface area (Å²) >= 11 is 1.53. The van der Waals surface area contributed by atoms with Crippen LogP contribution in [0.5, 0.6) is 0 Å². The smallest absolute Gasteiger partial charge is 0.267 e. The summed E-state index contributed by atoms with van der Waals surface area (Å²) in [6.07, 6.45) is 3.29. The van der Waals surface area contributed by atoms with Gasteiger partial charge in [0.25, 0.3) is 11.1 Å². The van der Waals surface area contributed by atoms with Crippen molar-refractivity contribution in [3.8, 4) is 16.4 Å². The third kappa shape index (κ3) is 4.51. The normalized spacial score (nSPS) is 11.9. The quantitative estimate of drug-likeness (QED) is 0.463. The lowest BCUT2D eigenvalue weighted by molar-refractivity contribution is -0.124. The summed E-state index contributed by atoms with van der Waals surface area (Å²) in [6, 6.07) is 10.7. The van der Waals surface area contributed by atoms with E-state index in [0.717, 1.165) is 9.56 Å². The molecule has 4 aromatic heterocycles. The molecule has 1 atom stereocenters. The fourth-order valence-electron chi connectivity index (χ4n) is 2.93. The minimum Gasteiger partial charge on any atom is -0.352 e. The maximum atomic E-state index is 12.6. The van der Waals surface area contributed by atoms with Crippen LogP contribution in [0.2, 0.25) is 0 Å². The number of nitrogens with zero attached hydrogens (tertiary/aromatic N) is 6. The van der Waals surface area contributed by atoms with E-state index < -0.39 is 17.5 Å². The summed E-state index contributed by atoms with van der Waals surface area (Å²) in [5, 5.41) is 17.3. The summed E-state index contributed by atoms with van der Waals surface area (Å²) in [5.41, 5.74) is 0.0352. The highest BCUT2D eigenvalue weighted by molar-refractivity contribution is 7.13. The van der Waals surface area contributed by atoms with Crippen LogP contribution < -0.4 is 16.4 Å². The van der Waals surface area contributed by atoms with Crippen molar-refractivity contribution in [3.05, 3.63) is 80.9 Å². The molecule has 4 aromatic rings. The first kappa shape index (κ1) is 20.4. The van der Waals surface area contributed by atoms with Crippen molar-refractivity contribution in [1.29, 1.82) is 0 Å². The Labute approximate surface area is 180 Å². The lowest BCUT2D eigenvalue weighted by Crippen LogP contribution is -2.39. The van der Waals surface area contributed by atoms with Gasteiger partial charge in [-0.05, 0) is 36.6 Å². The van der Waals surface area contributed by atoms with Gasteiger partial charge in [0.1, 0.15) is 11.7 Å². The summed E-state index contributed by atoms with van der Waals surface area (Å²) in [4.78, 5) is 37.8. The number of carbonyl (C=O) groups excluding carboxylic acids is 1. The molecule has 0 fully saturated rings. The Hall–Kier alpha value is -3.86. The molecule has 0 spiro atoms. The molecule has 0 saturated heterocycles. The SMILES string of the molecule is CC(C(=O)NCCn1nc(-c2cccs2)ccc1=O)n1nc(-n2cccn2)ccc1=O. The monoisotopic (exact) mass is 437 g/mol. The second kappa shape index (κ2) is 8.88. The highest BCUT2D eigenvalue weighted by Gasteiger charge is 2.18. The van der Waals surface area contributed by atoms with Gasteiger partial charge in [0, 0.05) is 31.1 Å². The minimum absolute atomic E-state index is 0.178. The first-order valence-corrected chi connectivity index (χ1v) is 10.4. The predicted octanol–water partition coefficient (Wildman–Crippen LogP) is 1.09. The Bertz CT molecular complexity index is 1290. The third-order valence-electron chi connectivity index (χ3n) is 4.56. The largest absolute Gasteiger partial charge is 0.352 e. The van der Waals surface area contributed by atoms with Gasteiger partial charge >= 0.3 is 0 Å². The molecule has 0 aliphatic heterocycles. The molecule has 1 unspecified atom stereocenters. The van der Waals surface area contributed by atoms with Crippen LogP contribution in [0.1, 0.15) is 13.0 Å². The van der Waals surface area contributed by atoms with Crippen molar-refractivity contribution in [2.75, 3.05) is 6.54 Å². The number of thiophene rings is 1. The molecule has 11 heteroatoms. The van der Waals surface area contributed by atoms with E-state index >= 15 is 0 Å². The molecule has 0 bridgehead atoms. The molecule has 4 heterocycles. The Balaban J connectivity index is 1.43. The zero-order valence-electron chi connectivity index (χ0n) is 16.6. The van der Waals surface area contributed by atoms with Crippen LogP contribution in [-0.4, -0.2) is 41.8 Å². The first-order chi connectivity index (χ1) is 15.0. The number of amides is 1. The Kier molecular flexibility index (Phi) is 5.85. The van der Waals surface area contributed by atoms with Crippen LogP contribution in [0.3, 0.4) is 0 Å². The maximum Gasteiger partial charge on any atom is 0.267 e. The van der Waals surface area contributed by atoms with Crippen molar-refractivity contribution in [3.63, 3.8) is 0 Å². The van der Waals surface area contributed by atoms with Crippen molar-refractivity contribution in [1.82, 2.24) is 34.7 Å². The van der Waals surface area contributed by atoms with Gasteiger partial charge in [-0.25, -0.2) is 14.0 Å². The van der Waals surface area contributed by atoms with E-state index in [1.165, 1.54) is 38.9 Å². The van der Waals surface area contributed by atoms with Gasteiger partial charge < -0.3 is 5.32 Å². The maximum absolute atomic E-state index is 12.6. The van der Waals surface area contributed by atoms with Crippen molar-refractivity contribution in [2.24, 2.45) is 0 Å². The minimum atomic E-state index is -0.842. The molecule has 0 saturated carbocycles. The van der Waals surface area contributed by atoms with E-state index in [4.69, 9.17) is 0 Å². The molecule has 4 rings (SSSR count). The molecule has 31 heavy (non-hydrogen) atoms. The van der Waals surface area contributed by atoms with Crippen LogP contribution in [0.15, 0.2) is 69.8 Å². The summed E-state index contributed by atoms with van der Waals surface area (Å²) in [7, 11) is 0. The van der Waals surface area contributed by atoms with Crippen LogP contribution >= 0.6 is 11.3 Å². The molecule has 0 aliphatic carbocycles. The molecule has 0 aliphatic rings. The van der Waals surface area contributed by atoms with Gasteiger partial charge in [-0.15, -0.1) is 16.4 Å². The van der Waals surface area contributed by atoms with Crippen LogP contribution in [0.25, 0.3) is 16.4 Å². The second-order valence-corrected chi connectivity index (χ2v) is 7.60. The molecule has 158 valence electrons. The van der Waals surface area contributed by atoms with Gasteiger partial charge in [-0.1, -0.05) is 6.07 Å². The third-order valence-corrected chi connectivity index (χ3v) is 5.45. The molecule has 0 aromatic carbocycles.